The zero-order valence-electron chi connectivity index (χ0n) is 14.4. The Bertz CT molecular complexity index is 729. The van der Waals surface area contributed by atoms with E-state index in [2.05, 4.69) is 5.32 Å². The van der Waals surface area contributed by atoms with Crippen molar-refractivity contribution >= 4 is 33.2 Å². The second-order valence-corrected chi connectivity index (χ2v) is 8.27. The summed E-state index contributed by atoms with van der Waals surface area (Å²) in [7, 11) is -3.73. The monoisotopic (exact) mass is 389 g/mol. The van der Waals surface area contributed by atoms with Crippen molar-refractivity contribution < 1.29 is 17.9 Å². The lowest BCUT2D eigenvalue weighted by Crippen LogP contribution is -2.54. The van der Waals surface area contributed by atoms with Crippen molar-refractivity contribution in [2.24, 2.45) is 5.73 Å². The molecule has 2 rings (SSSR count). The van der Waals surface area contributed by atoms with Crippen molar-refractivity contribution in [2.45, 2.75) is 37.1 Å². The van der Waals surface area contributed by atoms with Gasteiger partial charge in [-0.2, -0.15) is 4.31 Å². The molecule has 0 atom stereocenters. The van der Waals surface area contributed by atoms with E-state index in [1.54, 1.807) is 19.9 Å². The number of hydrogen-bond acceptors (Lipinski definition) is 5. The molecular formula is C16H24ClN3O4S. The summed E-state index contributed by atoms with van der Waals surface area (Å²) in [6.07, 6.45) is 0.827. The van der Waals surface area contributed by atoms with Crippen molar-refractivity contribution in [3.8, 4) is 0 Å². The van der Waals surface area contributed by atoms with E-state index in [1.807, 2.05) is 0 Å². The number of rotatable bonds is 6. The fraction of sp³-hybridized carbons (Fsp3) is 0.562. The molecule has 0 saturated carbocycles. The zero-order chi connectivity index (χ0) is 18.7. The van der Waals surface area contributed by atoms with Crippen LogP contribution in [0.4, 0.5) is 5.69 Å². The summed E-state index contributed by atoms with van der Waals surface area (Å²) >= 11 is 6.09. The SMILES string of the molecule is CCN(CC)S(=O)(=O)c1cc(NC(=O)C2(N)CCOCC2)ccc1Cl. The molecule has 1 heterocycles. The summed E-state index contributed by atoms with van der Waals surface area (Å²) in [6, 6.07) is 4.39. The van der Waals surface area contributed by atoms with E-state index < -0.39 is 15.6 Å². The molecule has 7 nitrogen and oxygen atoms in total. The molecule has 1 fully saturated rings. The highest BCUT2D eigenvalue weighted by Gasteiger charge is 2.36. The molecule has 1 aromatic rings. The lowest BCUT2D eigenvalue weighted by molar-refractivity contribution is -0.124. The molecule has 0 spiro atoms. The number of carbonyl (C=O) groups excluding carboxylic acids is 1. The first-order valence-electron chi connectivity index (χ1n) is 8.22. The van der Waals surface area contributed by atoms with Crippen molar-refractivity contribution in [1.29, 1.82) is 0 Å². The largest absolute Gasteiger partial charge is 0.381 e. The molecule has 0 bridgehead atoms. The number of nitrogens with two attached hydrogens (primary N) is 1. The third-order valence-corrected chi connectivity index (χ3v) is 6.88. The quantitative estimate of drug-likeness (QED) is 0.772. The highest BCUT2D eigenvalue weighted by atomic mass is 35.5. The first-order valence-corrected chi connectivity index (χ1v) is 10.0. The number of ether oxygens (including phenoxy) is 1. The molecule has 0 radical (unpaired) electrons. The second-order valence-electron chi connectivity index (χ2n) is 5.96. The number of anilines is 1. The van der Waals surface area contributed by atoms with Gasteiger partial charge < -0.3 is 15.8 Å². The zero-order valence-corrected chi connectivity index (χ0v) is 16.0. The molecule has 1 saturated heterocycles. The van der Waals surface area contributed by atoms with Crippen LogP contribution in [0.25, 0.3) is 0 Å². The van der Waals surface area contributed by atoms with E-state index in [0.29, 0.717) is 44.8 Å². The van der Waals surface area contributed by atoms with Crippen LogP contribution in [0, 0.1) is 0 Å². The Kier molecular flexibility index (Phi) is 6.45. The molecular weight excluding hydrogens is 366 g/mol. The molecule has 1 aromatic carbocycles. The van der Waals surface area contributed by atoms with Crippen LogP contribution < -0.4 is 11.1 Å². The number of halogens is 1. The van der Waals surface area contributed by atoms with Gasteiger partial charge in [0.15, 0.2) is 0 Å². The first-order chi connectivity index (χ1) is 11.7. The van der Waals surface area contributed by atoms with E-state index in [0.717, 1.165) is 0 Å². The molecule has 1 aliphatic rings. The van der Waals surface area contributed by atoms with Gasteiger partial charge in [0.2, 0.25) is 15.9 Å². The van der Waals surface area contributed by atoms with Crippen molar-refractivity contribution in [2.75, 3.05) is 31.6 Å². The maximum atomic E-state index is 12.7. The molecule has 0 unspecified atom stereocenters. The average Bonchev–Trinajstić information content (AvgIpc) is 2.58. The summed E-state index contributed by atoms with van der Waals surface area (Å²) in [5, 5.41) is 2.82. The van der Waals surface area contributed by atoms with Gasteiger partial charge in [0.1, 0.15) is 10.4 Å². The number of benzene rings is 1. The van der Waals surface area contributed by atoms with Crippen molar-refractivity contribution in [3.63, 3.8) is 0 Å². The third kappa shape index (κ3) is 4.32. The molecule has 3 N–H and O–H groups in total. The Hall–Kier alpha value is -1.19. The van der Waals surface area contributed by atoms with Crippen molar-refractivity contribution in [1.82, 2.24) is 4.31 Å². The lowest BCUT2D eigenvalue weighted by Gasteiger charge is -2.31. The third-order valence-electron chi connectivity index (χ3n) is 4.35. The minimum absolute atomic E-state index is 0.0336. The molecule has 0 aliphatic carbocycles. The normalized spacial score (nSPS) is 17.5. The summed E-state index contributed by atoms with van der Waals surface area (Å²) in [4.78, 5) is 12.5. The Morgan fingerprint density at radius 3 is 2.48 bits per heavy atom. The van der Waals surface area contributed by atoms with Gasteiger partial charge in [-0.3, -0.25) is 4.79 Å². The van der Waals surface area contributed by atoms with Gasteiger partial charge in [-0.1, -0.05) is 25.4 Å². The average molecular weight is 390 g/mol. The van der Waals surface area contributed by atoms with Gasteiger partial charge in [0.05, 0.1) is 5.02 Å². The Labute approximate surface area is 153 Å². The number of amides is 1. The topological polar surface area (TPSA) is 102 Å². The molecule has 1 aliphatic heterocycles. The number of nitrogens with one attached hydrogen (secondary N) is 1. The van der Waals surface area contributed by atoms with Crippen LogP contribution in [0.2, 0.25) is 5.02 Å². The predicted octanol–water partition coefficient (Wildman–Crippen LogP) is 1.82. The van der Waals surface area contributed by atoms with E-state index >= 15 is 0 Å². The Morgan fingerprint density at radius 1 is 1.32 bits per heavy atom. The second kappa shape index (κ2) is 8.01. The van der Waals surface area contributed by atoms with Gasteiger partial charge in [0, 0.05) is 32.0 Å². The molecule has 9 heteroatoms. The fourth-order valence-corrected chi connectivity index (χ4v) is 4.66. The minimum atomic E-state index is -3.73. The van der Waals surface area contributed by atoms with E-state index in [1.165, 1.54) is 16.4 Å². The summed E-state index contributed by atoms with van der Waals surface area (Å²) in [5.41, 5.74) is 5.48. The van der Waals surface area contributed by atoms with Crippen LogP contribution in [0.1, 0.15) is 26.7 Å². The molecule has 140 valence electrons. The lowest BCUT2D eigenvalue weighted by atomic mass is 9.90. The highest BCUT2D eigenvalue weighted by Crippen LogP contribution is 2.28. The van der Waals surface area contributed by atoms with Crippen LogP contribution in [0.3, 0.4) is 0 Å². The van der Waals surface area contributed by atoms with Crippen LogP contribution in [0.5, 0.6) is 0 Å². The number of nitrogens with zero attached hydrogens (tertiary/aromatic N) is 1. The van der Waals surface area contributed by atoms with Gasteiger partial charge >= 0.3 is 0 Å². The van der Waals surface area contributed by atoms with Gasteiger partial charge in [-0.15, -0.1) is 0 Å². The van der Waals surface area contributed by atoms with Gasteiger partial charge in [-0.05, 0) is 31.0 Å². The molecule has 0 aromatic heterocycles. The van der Waals surface area contributed by atoms with Crippen molar-refractivity contribution in [3.05, 3.63) is 23.2 Å². The standard InChI is InChI=1S/C16H24ClN3O4S/c1-3-20(4-2)25(22,23)14-11-12(5-6-13(14)17)19-15(21)16(18)7-9-24-10-8-16/h5-6,11H,3-4,7-10,18H2,1-2H3,(H,19,21). The summed E-state index contributed by atoms with van der Waals surface area (Å²) < 4.78 is 32.0. The van der Waals surface area contributed by atoms with E-state index in [-0.39, 0.29) is 15.8 Å². The summed E-state index contributed by atoms with van der Waals surface area (Å²) in [5.74, 6) is -0.357. The number of hydrogen-bond donors (Lipinski definition) is 2. The number of carbonyl (C=O) groups is 1. The fourth-order valence-electron chi connectivity index (χ4n) is 2.70. The van der Waals surface area contributed by atoms with Crippen LogP contribution in [0.15, 0.2) is 23.1 Å². The van der Waals surface area contributed by atoms with E-state index in [4.69, 9.17) is 22.1 Å². The maximum absolute atomic E-state index is 12.7. The summed E-state index contributed by atoms with van der Waals surface area (Å²) in [6.45, 7) is 5.02. The number of sulfonamides is 1. The molecule has 25 heavy (non-hydrogen) atoms. The predicted molar refractivity (Wildman–Crippen MR) is 97.2 cm³/mol. The first kappa shape index (κ1) is 20.1. The smallest absolute Gasteiger partial charge is 0.244 e. The van der Waals surface area contributed by atoms with Gasteiger partial charge in [0.25, 0.3) is 0 Å². The van der Waals surface area contributed by atoms with Crippen LogP contribution >= 0.6 is 11.6 Å². The van der Waals surface area contributed by atoms with Crippen LogP contribution in [-0.2, 0) is 19.6 Å². The maximum Gasteiger partial charge on any atom is 0.244 e. The van der Waals surface area contributed by atoms with Gasteiger partial charge in [-0.25, -0.2) is 8.42 Å². The van der Waals surface area contributed by atoms with E-state index in [9.17, 15) is 13.2 Å². The minimum Gasteiger partial charge on any atom is -0.381 e. The van der Waals surface area contributed by atoms with Crippen LogP contribution in [-0.4, -0.2) is 50.5 Å². The highest BCUT2D eigenvalue weighted by molar-refractivity contribution is 7.89. The Balaban J connectivity index is 2.28. The Morgan fingerprint density at radius 2 is 1.92 bits per heavy atom. The molecule has 1 amide bonds.